The van der Waals surface area contributed by atoms with Crippen LogP contribution in [-0.2, 0) is 4.74 Å². The molecule has 0 spiro atoms. The topological polar surface area (TPSA) is 24.5 Å². The second-order valence-electron chi connectivity index (χ2n) is 4.12. The van der Waals surface area contributed by atoms with Gasteiger partial charge in [-0.15, -0.1) is 0 Å². The molecular formula is C10H20F2N2O. The number of methoxy groups -OCH3 is 1. The van der Waals surface area contributed by atoms with Crippen LogP contribution in [0.15, 0.2) is 0 Å². The lowest BCUT2D eigenvalue weighted by molar-refractivity contribution is 0.0502. The van der Waals surface area contributed by atoms with Crippen molar-refractivity contribution in [2.75, 3.05) is 33.9 Å². The second kappa shape index (κ2) is 6.35. The van der Waals surface area contributed by atoms with Crippen molar-refractivity contribution >= 4 is 0 Å². The van der Waals surface area contributed by atoms with Gasteiger partial charge in [-0.05, 0) is 19.9 Å². The number of likely N-dealkylation sites (N-methyl/N-ethyl adjacent to an activating group) is 1. The third kappa shape index (κ3) is 5.39. The van der Waals surface area contributed by atoms with Crippen LogP contribution in [0.25, 0.3) is 0 Å². The monoisotopic (exact) mass is 222 g/mol. The standard InChI is InChI=1S/C10H20F2N2O/c1-14(6-10(11)12)9(7-15-2)5-13-8-3-4-8/h8-10,13H,3-7H2,1-2H3. The lowest BCUT2D eigenvalue weighted by Crippen LogP contribution is -2.45. The first-order valence-corrected chi connectivity index (χ1v) is 5.34. The average Bonchev–Trinajstić information content (AvgIpc) is 2.94. The first kappa shape index (κ1) is 12.8. The molecule has 5 heteroatoms. The fraction of sp³-hybridized carbons (Fsp3) is 1.00. The zero-order valence-corrected chi connectivity index (χ0v) is 9.38. The summed E-state index contributed by atoms with van der Waals surface area (Å²) in [6.45, 7) is 1.02. The minimum atomic E-state index is -2.28. The molecule has 1 saturated carbocycles. The van der Waals surface area contributed by atoms with E-state index in [1.54, 1.807) is 19.1 Å². The number of nitrogens with zero attached hydrogens (tertiary/aromatic N) is 1. The fourth-order valence-electron chi connectivity index (χ4n) is 1.49. The van der Waals surface area contributed by atoms with Gasteiger partial charge in [-0.3, -0.25) is 4.90 Å². The van der Waals surface area contributed by atoms with Crippen molar-refractivity contribution < 1.29 is 13.5 Å². The summed E-state index contributed by atoms with van der Waals surface area (Å²) < 4.78 is 29.4. The van der Waals surface area contributed by atoms with Crippen LogP contribution in [0.2, 0.25) is 0 Å². The number of halogens is 2. The Hall–Kier alpha value is -0.260. The van der Waals surface area contributed by atoms with Gasteiger partial charge in [0.05, 0.1) is 13.2 Å². The average molecular weight is 222 g/mol. The molecule has 90 valence electrons. The number of alkyl halides is 2. The number of rotatable bonds is 8. The summed E-state index contributed by atoms with van der Waals surface area (Å²) in [5.74, 6) is 0. The Labute approximate surface area is 89.8 Å². The SMILES string of the molecule is COCC(CNC1CC1)N(C)CC(F)F. The van der Waals surface area contributed by atoms with Crippen molar-refractivity contribution in [3.8, 4) is 0 Å². The molecule has 1 N–H and O–H groups in total. The van der Waals surface area contributed by atoms with Crippen LogP contribution in [0.5, 0.6) is 0 Å². The van der Waals surface area contributed by atoms with Crippen molar-refractivity contribution in [3.63, 3.8) is 0 Å². The molecule has 0 aromatic rings. The highest BCUT2D eigenvalue weighted by Gasteiger charge is 2.24. The van der Waals surface area contributed by atoms with Crippen LogP contribution >= 0.6 is 0 Å². The van der Waals surface area contributed by atoms with Gasteiger partial charge in [0.25, 0.3) is 6.43 Å². The Morgan fingerprint density at radius 2 is 2.13 bits per heavy atom. The summed E-state index contributed by atoms with van der Waals surface area (Å²) in [7, 11) is 3.31. The maximum Gasteiger partial charge on any atom is 0.251 e. The van der Waals surface area contributed by atoms with Crippen molar-refractivity contribution in [3.05, 3.63) is 0 Å². The summed E-state index contributed by atoms with van der Waals surface area (Å²) in [6, 6.07) is 0.633. The lowest BCUT2D eigenvalue weighted by Gasteiger charge is -2.27. The van der Waals surface area contributed by atoms with Crippen LogP contribution in [0.4, 0.5) is 8.78 Å². The van der Waals surface area contributed by atoms with E-state index in [4.69, 9.17) is 4.74 Å². The molecule has 1 rings (SSSR count). The lowest BCUT2D eigenvalue weighted by atomic mass is 10.2. The molecule has 0 amide bonds. The zero-order chi connectivity index (χ0) is 11.3. The molecule has 1 aliphatic carbocycles. The largest absolute Gasteiger partial charge is 0.383 e. The van der Waals surface area contributed by atoms with Gasteiger partial charge in [0, 0.05) is 25.7 Å². The van der Waals surface area contributed by atoms with Crippen LogP contribution in [0, 0.1) is 0 Å². The van der Waals surface area contributed by atoms with Crippen molar-refractivity contribution in [2.45, 2.75) is 31.4 Å². The Bertz CT molecular complexity index is 177. The Kier molecular flexibility index (Phi) is 5.42. The third-order valence-corrected chi connectivity index (χ3v) is 2.63. The molecule has 1 aliphatic rings. The molecule has 0 bridgehead atoms. The molecule has 0 aromatic heterocycles. The van der Waals surface area contributed by atoms with Gasteiger partial charge in [0.2, 0.25) is 0 Å². The van der Waals surface area contributed by atoms with Gasteiger partial charge in [-0.2, -0.15) is 0 Å². The van der Waals surface area contributed by atoms with E-state index >= 15 is 0 Å². The maximum absolute atomic E-state index is 12.2. The highest BCUT2D eigenvalue weighted by atomic mass is 19.3. The van der Waals surface area contributed by atoms with Gasteiger partial charge >= 0.3 is 0 Å². The van der Waals surface area contributed by atoms with Crippen LogP contribution in [-0.4, -0.2) is 57.3 Å². The van der Waals surface area contributed by atoms with Crippen LogP contribution < -0.4 is 5.32 Å². The first-order chi connectivity index (χ1) is 7.13. The predicted octanol–water partition coefficient (Wildman–Crippen LogP) is 0.950. The molecule has 0 aromatic carbocycles. The normalized spacial score (nSPS) is 18.8. The molecule has 3 nitrogen and oxygen atoms in total. The first-order valence-electron chi connectivity index (χ1n) is 5.34. The molecule has 1 unspecified atom stereocenters. The van der Waals surface area contributed by atoms with Gasteiger partial charge in [-0.25, -0.2) is 8.78 Å². The van der Waals surface area contributed by atoms with E-state index < -0.39 is 6.43 Å². The molecule has 15 heavy (non-hydrogen) atoms. The highest BCUT2D eigenvalue weighted by molar-refractivity contribution is 4.83. The van der Waals surface area contributed by atoms with Crippen LogP contribution in [0.1, 0.15) is 12.8 Å². The molecule has 0 saturated heterocycles. The minimum absolute atomic E-state index is 0.0320. The van der Waals surface area contributed by atoms with E-state index in [2.05, 4.69) is 5.32 Å². The number of nitrogens with one attached hydrogen (secondary N) is 1. The summed E-state index contributed by atoms with van der Waals surface area (Å²) >= 11 is 0. The Morgan fingerprint density at radius 1 is 1.47 bits per heavy atom. The van der Waals surface area contributed by atoms with E-state index in [0.717, 1.165) is 6.54 Å². The Morgan fingerprint density at radius 3 is 2.60 bits per heavy atom. The molecule has 1 fully saturated rings. The smallest absolute Gasteiger partial charge is 0.251 e. The summed E-state index contributed by atoms with van der Waals surface area (Å²) in [5, 5.41) is 3.33. The quantitative estimate of drug-likeness (QED) is 0.662. The minimum Gasteiger partial charge on any atom is -0.383 e. The third-order valence-electron chi connectivity index (χ3n) is 2.63. The summed E-state index contributed by atoms with van der Waals surface area (Å²) in [4.78, 5) is 1.66. The second-order valence-corrected chi connectivity index (χ2v) is 4.12. The molecule has 0 radical (unpaired) electrons. The number of ether oxygens (including phenoxy) is 1. The molecule has 0 heterocycles. The van der Waals surface area contributed by atoms with E-state index in [0.29, 0.717) is 12.6 Å². The Balaban J connectivity index is 2.25. The number of hydrogen-bond acceptors (Lipinski definition) is 3. The van der Waals surface area contributed by atoms with Crippen LogP contribution in [0.3, 0.4) is 0 Å². The van der Waals surface area contributed by atoms with E-state index in [1.165, 1.54) is 12.8 Å². The predicted molar refractivity (Wildman–Crippen MR) is 55.3 cm³/mol. The highest BCUT2D eigenvalue weighted by Crippen LogP contribution is 2.18. The zero-order valence-electron chi connectivity index (χ0n) is 9.38. The molecule has 0 aliphatic heterocycles. The molecular weight excluding hydrogens is 202 g/mol. The van der Waals surface area contributed by atoms with Gasteiger partial charge in [-0.1, -0.05) is 0 Å². The van der Waals surface area contributed by atoms with E-state index in [1.807, 2.05) is 0 Å². The van der Waals surface area contributed by atoms with Crippen molar-refractivity contribution in [1.29, 1.82) is 0 Å². The van der Waals surface area contributed by atoms with Gasteiger partial charge in [0.15, 0.2) is 0 Å². The summed E-state index contributed by atoms with van der Waals surface area (Å²) in [6.07, 6.45) is 0.131. The number of hydrogen-bond donors (Lipinski definition) is 1. The summed E-state index contributed by atoms with van der Waals surface area (Å²) in [5.41, 5.74) is 0. The van der Waals surface area contributed by atoms with E-state index in [9.17, 15) is 8.78 Å². The van der Waals surface area contributed by atoms with E-state index in [-0.39, 0.29) is 12.6 Å². The van der Waals surface area contributed by atoms with Crippen molar-refractivity contribution in [1.82, 2.24) is 10.2 Å². The van der Waals surface area contributed by atoms with Crippen molar-refractivity contribution in [2.24, 2.45) is 0 Å². The van der Waals surface area contributed by atoms with Gasteiger partial charge in [0.1, 0.15) is 0 Å². The molecule has 1 atom stereocenters. The maximum atomic E-state index is 12.2. The fourth-order valence-corrected chi connectivity index (χ4v) is 1.49. The van der Waals surface area contributed by atoms with Gasteiger partial charge < -0.3 is 10.1 Å².